The zero-order valence-electron chi connectivity index (χ0n) is 36.9. The van der Waals surface area contributed by atoms with Crippen molar-refractivity contribution in [3.05, 3.63) is 249 Å². The molecule has 0 saturated heterocycles. The van der Waals surface area contributed by atoms with Gasteiger partial charge in [0.25, 0.3) is 0 Å². The monoisotopic (exact) mass is 867 g/mol. The number of hydrogen-bond acceptors (Lipinski definition) is 2. The molecule has 3 heterocycles. The van der Waals surface area contributed by atoms with E-state index in [1.807, 2.05) is 0 Å². The van der Waals surface area contributed by atoms with Crippen molar-refractivity contribution >= 4 is 93.4 Å². The number of furan rings is 1. The van der Waals surface area contributed by atoms with E-state index in [1.54, 1.807) is 0 Å². The fraction of sp³-hybridized carbons (Fsp3) is 0. The Hall–Kier alpha value is -9.12. The van der Waals surface area contributed by atoms with E-state index in [4.69, 9.17) is 4.42 Å². The minimum Gasteiger partial charge on any atom is -0.456 e. The number of aromatic nitrogens is 2. The molecular weight excluding hydrogens is 827 g/mol. The van der Waals surface area contributed by atoms with Gasteiger partial charge in [-0.2, -0.15) is 0 Å². The van der Waals surface area contributed by atoms with Crippen LogP contribution in [0.5, 0.6) is 0 Å². The Morgan fingerprint density at radius 1 is 0.324 bits per heavy atom. The number of nitrogens with zero attached hydrogens (tertiary/aromatic N) is 3. The maximum absolute atomic E-state index is 6.62. The predicted molar refractivity (Wildman–Crippen MR) is 285 cm³/mol. The van der Waals surface area contributed by atoms with Gasteiger partial charge in [0.15, 0.2) is 0 Å². The van der Waals surface area contributed by atoms with Crippen molar-refractivity contribution in [1.82, 2.24) is 9.13 Å². The molecule has 14 aromatic rings. The van der Waals surface area contributed by atoms with Crippen molar-refractivity contribution in [2.45, 2.75) is 0 Å². The summed E-state index contributed by atoms with van der Waals surface area (Å²) in [5, 5.41) is 9.57. The van der Waals surface area contributed by atoms with Crippen LogP contribution in [0.25, 0.3) is 110 Å². The third kappa shape index (κ3) is 5.87. The molecular formula is C64H41N3O. The normalized spacial score (nSPS) is 11.8. The van der Waals surface area contributed by atoms with Crippen molar-refractivity contribution in [1.29, 1.82) is 0 Å². The number of para-hydroxylation sites is 6. The van der Waals surface area contributed by atoms with Gasteiger partial charge in [0.1, 0.15) is 11.2 Å². The molecule has 0 saturated carbocycles. The zero-order valence-corrected chi connectivity index (χ0v) is 36.9. The molecule has 0 fully saturated rings. The molecule has 0 amide bonds. The Balaban J connectivity index is 0.948. The lowest BCUT2D eigenvalue weighted by molar-refractivity contribution is 0.669. The highest BCUT2D eigenvalue weighted by molar-refractivity contribution is 6.17. The van der Waals surface area contributed by atoms with Crippen molar-refractivity contribution < 1.29 is 4.42 Å². The Kier molecular flexibility index (Phi) is 8.55. The standard InChI is InChI=1S/C64H41N3O/c1-2-17-44-41-63-55(40-43(44)16-1)64-54(24-15-31-62(64)68-63)53-23-8-10-26-57(53)65(46-36-38-47(39-37-46)66-58-27-11-4-19-49(58)50-20-5-12-28-59(50)66)45-34-32-42(33-35-45)48-18-3-9-25-56(48)67-60-29-13-6-21-51(60)52-22-7-14-30-61(52)67/h1-41H. The Bertz CT molecular complexity index is 4160. The molecule has 0 radical (unpaired) electrons. The van der Waals surface area contributed by atoms with Crippen LogP contribution in [0.15, 0.2) is 253 Å². The molecule has 0 aliphatic rings. The van der Waals surface area contributed by atoms with Gasteiger partial charge in [0.2, 0.25) is 0 Å². The van der Waals surface area contributed by atoms with Crippen LogP contribution in [0.3, 0.4) is 0 Å². The Labute approximate surface area is 392 Å². The lowest BCUT2D eigenvalue weighted by atomic mass is 9.96. The van der Waals surface area contributed by atoms with Gasteiger partial charge in [-0.1, -0.05) is 158 Å². The highest BCUT2D eigenvalue weighted by atomic mass is 16.3. The molecule has 318 valence electrons. The molecule has 14 rings (SSSR count). The number of rotatable bonds is 7. The zero-order chi connectivity index (χ0) is 44.7. The van der Waals surface area contributed by atoms with Gasteiger partial charge >= 0.3 is 0 Å². The second-order valence-corrected chi connectivity index (χ2v) is 17.6. The van der Waals surface area contributed by atoms with Crippen LogP contribution in [0.4, 0.5) is 17.1 Å². The number of anilines is 3. The van der Waals surface area contributed by atoms with Gasteiger partial charge in [-0.3, -0.25) is 0 Å². The van der Waals surface area contributed by atoms with Gasteiger partial charge in [-0.25, -0.2) is 0 Å². The summed E-state index contributed by atoms with van der Waals surface area (Å²) in [4.78, 5) is 2.41. The van der Waals surface area contributed by atoms with E-state index in [-0.39, 0.29) is 0 Å². The van der Waals surface area contributed by atoms with E-state index in [2.05, 4.69) is 263 Å². The molecule has 0 bridgehead atoms. The van der Waals surface area contributed by atoms with Crippen LogP contribution in [0.1, 0.15) is 0 Å². The molecule has 0 N–H and O–H groups in total. The molecule has 0 spiro atoms. The Morgan fingerprint density at radius 2 is 0.809 bits per heavy atom. The van der Waals surface area contributed by atoms with Gasteiger partial charge in [-0.05, 0) is 113 Å². The first-order valence-corrected chi connectivity index (χ1v) is 23.3. The summed E-state index contributed by atoms with van der Waals surface area (Å²) in [5.74, 6) is 0. The largest absolute Gasteiger partial charge is 0.456 e. The summed E-state index contributed by atoms with van der Waals surface area (Å²) >= 11 is 0. The summed E-state index contributed by atoms with van der Waals surface area (Å²) in [6.07, 6.45) is 0. The maximum atomic E-state index is 6.62. The SMILES string of the molecule is c1ccc(N(c2ccc(-c3ccccc3-n3c4ccccc4c4ccccc43)cc2)c2ccc(-n3c4ccccc4c4ccccc43)cc2)c(-c2cccc3oc4cc5ccccc5cc4c23)c1. The summed E-state index contributed by atoms with van der Waals surface area (Å²) in [5.41, 5.74) is 16.5. The minimum absolute atomic E-state index is 0.871. The van der Waals surface area contributed by atoms with E-state index in [1.165, 1.54) is 54.6 Å². The molecule has 0 aliphatic heterocycles. The third-order valence-electron chi connectivity index (χ3n) is 13.9. The highest BCUT2D eigenvalue weighted by Gasteiger charge is 2.22. The van der Waals surface area contributed by atoms with Crippen molar-refractivity contribution in [2.24, 2.45) is 0 Å². The quantitative estimate of drug-likeness (QED) is 0.160. The second kappa shape index (κ2) is 15.2. The topological polar surface area (TPSA) is 26.2 Å². The highest BCUT2D eigenvalue weighted by Crippen LogP contribution is 2.46. The second-order valence-electron chi connectivity index (χ2n) is 17.6. The summed E-state index contributed by atoms with van der Waals surface area (Å²) in [6.45, 7) is 0. The van der Waals surface area contributed by atoms with Crippen LogP contribution in [0.2, 0.25) is 0 Å². The van der Waals surface area contributed by atoms with E-state index in [0.717, 1.165) is 72.5 Å². The lowest BCUT2D eigenvalue weighted by Gasteiger charge is -2.28. The third-order valence-corrected chi connectivity index (χ3v) is 13.9. The maximum Gasteiger partial charge on any atom is 0.136 e. The average Bonchev–Trinajstić information content (AvgIpc) is 4.06. The molecule has 4 nitrogen and oxygen atoms in total. The van der Waals surface area contributed by atoms with E-state index < -0.39 is 0 Å². The first kappa shape index (κ1) is 38.2. The van der Waals surface area contributed by atoms with Crippen LogP contribution >= 0.6 is 0 Å². The van der Waals surface area contributed by atoms with E-state index in [0.29, 0.717) is 0 Å². The fourth-order valence-electron chi connectivity index (χ4n) is 10.9. The number of hydrogen-bond donors (Lipinski definition) is 0. The number of fused-ring (bicyclic) bond motifs is 10. The van der Waals surface area contributed by atoms with Crippen molar-refractivity contribution in [3.8, 4) is 33.6 Å². The molecule has 0 atom stereocenters. The average molecular weight is 868 g/mol. The predicted octanol–water partition coefficient (Wildman–Crippen LogP) is 17.7. The van der Waals surface area contributed by atoms with Gasteiger partial charge in [0.05, 0.1) is 33.4 Å². The molecule has 11 aromatic carbocycles. The fourth-order valence-corrected chi connectivity index (χ4v) is 10.9. The van der Waals surface area contributed by atoms with Crippen LogP contribution in [0, 0.1) is 0 Å². The van der Waals surface area contributed by atoms with Crippen LogP contribution in [-0.4, -0.2) is 9.13 Å². The molecule has 0 aliphatic carbocycles. The smallest absolute Gasteiger partial charge is 0.136 e. The van der Waals surface area contributed by atoms with E-state index >= 15 is 0 Å². The van der Waals surface area contributed by atoms with Gasteiger partial charge < -0.3 is 18.5 Å². The van der Waals surface area contributed by atoms with Gasteiger partial charge in [0, 0.05) is 60.5 Å². The lowest BCUT2D eigenvalue weighted by Crippen LogP contribution is -2.11. The van der Waals surface area contributed by atoms with Crippen molar-refractivity contribution in [3.63, 3.8) is 0 Å². The Morgan fingerprint density at radius 3 is 1.44 bits per heavy atom. The number of benzene rings is 11. The summed E-state index contributed by atoms with van der Waals surface area (Å²) < 4.78 is 11.4. The van der Waals surface area contributed by atoms with Crippen LogP contribution in [-0.2, 0) is 0 Å². The molecule has 4 heteroatoms. The van der Waals surface area contributed by atoms with Crippen LogP contribution < -0.4 is 4.90 Å². The summed E-state index contributed by atoms with van der Waals surface area (Å²) in [7, 11) is 0. The first-order chi connectivity index (χ1) is 33.7. The first-order valence-electron chi connectivity index (χ1n) is 23.3. The van der Waals surface area contributed by atoms with Crippen molar-refractivity contribution in [2.75, 3.05) is 4.90 Å². The molecule has 0 unspecified atom stereocenters. The minimum atomic E-state index is 0.871. The molecule has 3 aromatic heterocycles. The molecule has 68 heavy (non-hydrogen) atoms. The van der Waals surface area contributed by atoms with E-state index in [9.17, 15) is 0 Å². The van der Waals surface area contributed by atoms with Gasteiger partial charge in [-0.15, -0.1) is 0 Å². The summed E-state index contributed by atoms with van der Waals surface area (Å²) in [6, 6.07) is 90.0.